The van der Waals surface area contributed by atoms with E-state index in [2.05, 4.69) is 15.2 Å². The Hall–Kier alpha value is -2.64. The molecule has 0 unspecified atom stereocenters. The molecule has 4 rings (SSSR count). The van der Waals surface area contributed by atoms with Gasteiger partial charge in [-0.3, -0.25) is 13.8 Å². The van der Waals surface area contributed by atoms with Crippen molar-refractivity contribution in [3.63, 3.8) is 0 Å². The van der Waals surface area contributed by atoms with Gasteiger partial charge in [0.25, 0.3) is 5.56 Å². The monoisotopic (exact) mass is 383 g/mol. The number of hydrogen-bond donors (Lipinski definition) is 0. The molecule has 0 atom stereocenters. The largest absolute Gasteiger partial charge is 0.277 e. The topological polar surface area (TPSA) is 65.1 Å². The molecule has 3 aromatic heterocycles. The van der Waals surface area contributed by atoms with Crippen LogP contribution < -0.4 is 5.56 Å². The third-order valence-electron chi connectivity index (χ3n) is 3.92. The molecule has 0 spiro atoms. The van der Waals surface area contributed by atoms with E-state index in [1.54, 1.807) is 24.7 Å². The van der Waals surface area contributed by atoms with Crippen molar-refractivity contribution in [2.45, 2.75) is 17.8 Å². The van der Waals surface area contributed by atoms with Crippen molar-refractivity contribution in [1.82, 2.24) is 24.1 Å². The van der Waals surface area contributed by atoms with Gasteiger partial charge in [-0.15, -0.1) is 10.2 Å². The Kier molecular flexibility index (Phi) is 4.48. The molecule has 130 valence electrons. The Morgan fingerprint density at radius 3 is 2.92 bits per heavy atom. The SMILES string of the molecule is Cc1ccc(-n2cnnc2SCc2cc(=O)n3ccccc3n2)cc1Cl. The molecule has 1 aromatic carbocycles. The zero-order valence-corrected chi connectivity index (χ0v) is 15.4. The first-order valence-electron chi connectivity index (χ1n) is 7.88. The smallest absolute Gasteiger partial charge is 0.258 e. The predicted octanol–water partition coefficient (Wildman–Crippen LogP) is 3.53. The summed E-state index contributed by atoms with van der Waals surface area (Å²) in [5.74, 6) is 0.513. The van der Waals surface area contributed by atoms with Gasteiger partial charge in [0.2, 0.25) is 0 Å². The quantitative estimate of drug-likeness (QED) is 0.504. The third kappa shape index (κ3) is 3.23. The highest BCUT2D eigenvalue weighted by Gasteiger charge is 2.10. The maximum absolute atomic E-state index is 12.2. The van der Waals surface area contributed by atoms with Crippen LogP contribution >= 0.6 is 23.4 Å². The van der Waals surface area contributed by atoms with E-state index in [1.807, 2.05) is 41.8 Å². The van der Waals surface area contributed by atoms with Crippen LogP contribution in [0.2, 0.25) is 5.02 Å². The average Bonchev–Trinajstić information content (AvgIpc) is 3.11. The molecule has 0 bridgehead atoms. The molecule has 4 aromatic rings. The molecule has 8 heteroatoms. The van der Waals surface area contributed by atoms with Gasteiger partial charge in [-0.25, -0.2) is 4.98 Å². The lowest BCUT2D eigenvalue weighted by Crippen LogP contribution is -2.14. The fourth-order valence-electron chi connectivity index (χ4n) is 2.55. The summed E-state index contributed by atoms with van der Waals surface area (Å²) in [6, 6.07) is 12.8. The van der Waals surface area contributed by atoms with Crippen LogP contribution in [0.1, 0.15) is 11.3 Å². The predicted molar refractivity (Wildman–Crippen MR) is 102 cm³/mol. The van der Waals surface area contributed by atoms with Crippen LogP contribution in [0.25, 0.3) is 11.3 Å². The van der Waals surface area contributed by atoms with Gasteiger partial charge in [0, 0.05) is 23.0 Å². The van der Waals surface area contributed by atoms with Crippen molar-refractivity contribution in [3.8, 4) is 5.69 Å². The zero-order valence-electron chi connectivity index (χ0n) is 13.8. The first-order valence-corrected chi connectivity index (χ1v) is 9.25. The van der Waals surface area contributed by atoms with Crippen molar-refractivity contribution in [2.24, 2.45) is 0 Å². The fraction of sp³-hybridized carbons (Fsp3) is 0.111. The van der Waals surface area contributed by atoms with Crippen molar-refractivity contribution >= 4 is 29.0 Å². The number of nitrogens with zero attached hydrogens (tertiary/aromatic N) is 5. The molecule has 0 saturated carbocycles. The van der Waals surface area contributed by atoms with Crippen LogP contribution in [0.15, 0.2) is 64.9 Å². The van der Waals surface area contributed by atoms with Crippen LogP contribution in [-0.2, 0) is 5.75 Å². The molecular formula is C18H14ClN5OS. The van der Waals surface area contributed by atoms with Crippen LogP contribution in [0.4, 0.5) is 0 Å². The minimum Gasteiger partial charge on any atom is -0.277 e. The standard InChI is InChI=1S/C18H14ClN5OS/c1-12-5-6-14(9-15(12)19)24-11-20-22-18(24)26-10-13-8-17(25)23-7-3-2-4-16(23)21-13/h2-9,11H,10H2,1H3. The Morgan fingerprint density at radius 2 is 2.08 bits per heavy atom. The summed E-state index contributed by atoms with van der Waals surface area (Å²) < 4.78 is 3.38. The van der Waals surface area contributed by atoms with E-state index in [1.165, 1.54) is 16.2 Å². The molecule has 3 heterocycles. The summed E-state index contributed by atoms with van der Waals surface area (Å²) in [5.41, 5.74) is 3.13. The minimum atomic E-state index is -0.0991. The van der Waals surface area contributed by atoms with E-state index in [4.69, 9.17) is 11.6 Å². The number of rotatable bonds is 4. The highest BCUT2D eigenvalue weighted by Crippen LogP contribution is 2.25. The van der Waals surface area contributed by atoms with E-state index in [0.29, 0.717) is 27.3 Å². The number of pyridine rings is 1. The van der Waals surface area contributed by atoms with Gasteiger partial charge < -0.3 is 0 Å². The Balaban J connectivity index is 1.61. The van der Waals surface area contributed by atoms with Gasteiger partial charge in [0.05, 0.1) is 11.4 Å². The van der Waals surface area contributed by atoms with Gasteiger partial charge in [0.15, 0.2) is 5.16 Å². The maximum Gasteiger partial charge on any atom is 0.258 e. The van der Waals surface area contributed by atoms with Crippen molar-refractivity contribution < 1.29 is 0 Å². The van der Waals surface area contributed by atoms with Crippen LogP contribution in [0.3, 0.4) is 0 Å². The Morgan fingerprint density at radius 1 is 1.19 bits per heavy atom. The van der Waals surface area contributed by atoms with Crippen LogP contribution in [0, 0.1) is 6.92 Å². The second-order valence-electron chi connectivity index (χ2n) is 5.72. The molecule has 0 saturated heterocycles. The fourth-order valence-corrected chi connectivity index (χ4v) is 3.54. The van der Waals surface area contributed by atoms with Crippen molar-refractivity contribution in [3.05, 3.63) is 81.6 Å². The normalized spacial score (nSPS) is 11.2. The highest BCUT2D eigenvalue weighted by atomic mass is 35.5. The molecule has 26 heavy (non-hydrogen) atoms. The van der Waals surface area contributed by atoms with Crippen LogP contribution in [-0.4, -0.2) is 24.1 Å². The Labute approximate surface area is 158 Å². The van der Waals surface area contributed by atoms with E-state index in [9.17, 15) is 4.79 Å². The summed E-state index contributed by atoms with van der Waals surface area (Å²) in [5, 5.41) is 9.56. The summed E-state index contributed by atoms with van der Waals surface area (Å²) in [6.07, 6.45) is 3.35. The zero-order chi connectivity index (χ0) is 18.1. The lowest BCUT2D eigenvalue weighted by molar-refractivity contribution is 0.882. The number of thioether (sulfide) groups is 1. The molecule has 0 aliphatic heterocycles. The van der Waals surface area contributed by atoms with E-state index in [0.717, 1.165) is 11.3 Å². The number of aryl methyl sites for hydroxylation is 1. The molecule has 6 nitrogen and oxygen atoms in total. The number of hydrogen-bond acceptors (Lipinski definition) is 5. The second-order valence-corrected chi connectivity index (χ2v) is 7.07. The highest BCUT2D eigenvalue weighted by molar-refractivity contribution is 7.98. The number of halogens is 1. The van der Waals surface area contributed by atoms with Gasteiger partial charge >= 0.3 is 0 Å². The van der Waals surface area contributed by atoms with Gasteiger partial charge in [0.1, 0.15) is 12.0 Å². The maximum atomic E-state index is 12.2. The molecule has 0 N–H and O–H groups in total. The van der Waals surface area contributed by atoms with Crippen LogP contribution in [0.5, 0.6) is 0 Å². The second kappa shape index (κ2) is 6.93. The molecule has 0 aliphatic carbocycles. The lowest BCUT2D eigenvalue weighted by Gasteiger charge is -2.08. The first-order chi connectivity index (χ1) is 12.6. The summed E-state index contributed by atoms with van der Waals surface area (Å²) in [4.78, 5) is 16.7. The number of fused-ring (bicyclic) bond motifs is 1. The van der Waals surface area contributed by atoms with E-state index >= 15 is 0 Å². The van der Waals surface area contributed by atoms with Crippen molar-refractivity contribution in [2.75, 3.05) is 0 Å². The molecule has 0 aliphatic rings. The molecular weight excluding hydrogens is 370 g/mol. The van der Waals surface area contributed by atoms with Gasteiger partial charge in [-0.2, -0.15) is 0 Å². The van der Waals surface area contributed by atoms with E-state index in [-0.39, 0.29) is 5.56 Å². The first kappa shape index (κ1) is 16.8. The van der Waals surface area contributed by atoms with Crippen molar-refractivity contribution in [1.29, 1.82) is 0 Å². The summed E-state index contributed by atoms with van der Waals surface area (Å²) >= 11 is 7.69. The summed E-state index contributed by atoms with van der Waals surface area (Å²) in [6.45, 7) is 1.96. The van der Waals surface area contributed by atoms with E-state index < -0.39 is 0 Å². The minimum absolute atomic E-state index is 0.0991. The van der Waals surface area contributed by atoms with Gasteiger partial charge in [-0.1, -0.05) is 35.5 Å². The third-order valence-corrected chi connectivity index (χ3v) is 5.31. The number of aromatic nitrogens is 5. The molecule has 0 amide bonds. The molecule has 0 radical (unpaired) electrons. The molecule has 0 fully saturated rings. The Bertz CT molecular complexity index is 1150. The summed E-state index contributed by atoms with van der Waals surface area (Å²) in [7, 11) is 0. The lowest BCUT2D eigenvalue weighted by atomic mass is 10.2. The average molecular weight is 384 g/mol. The van der Waals surface area contributed by atoms with Gasteiger partial charge in [-0.05, 0) is 36.8 Å². The number of benzene rings is 1.